The second kappa shape index (κ2) is 8.54. The lowest BCUT2D eigenvalue weighted by atomic mass is 10.1. The summed E-state index contributed by atoms with van der Waals surface area (Å²) in [7, 11) is 4.12. The molecule has 0 bridgehead atoms. The first-order valence-corrected chi connectivity index (χ1v) is 9.82. The quantitative estimate of drug-likeness (QED) is 0.771. The Kier molecular flexibility index (Phi) is 6.16. The van der Waals surface area contributed by atoms with Crippen LogP contribution in [0.25, 0.3) is 0 Å². The van der Waals surface area contributed by atoms with Crippen molar-refractivity contribution >= 4 is 17.7 Å². The number of rotatable bonds is 7. The summed E-state index contributed by atoms with van der Waals surface area (Å²) in [5, 5.41) is 3.01. The molecule has 0 atom stereocenters. The standard InChI is InChI=1S/C21H26N2OS/c1-23(2)14-17-8-6-16(7-9-17)13-22-21(24)15-25-20-11-10-18-4-3-5-19(18)12-20/h6-12H,3-5,13-15H2,1-2H3,(H,22,24). The van der Waals surface area contributed by atoms with E-state index in [1.54, 1.807) is 11.8 Å². The van der Waals surface area contributed by atoms with Gasteiger partial charge in [-0.15, -0.1) is 11.8 Å². The molecule has 0 saturated carbocycles. The molecule has 132 valence electrons. The summed E-state index contributed by atoms with van der Waals surface area (Å²) in [5.41, 5.74) is 5.36. The summed E-state index contributed by atoms with van der Waals surface area (Å²) in [6.07, 6.45) is 3.64. The van der Waals surface area contributed by atoms with E-state index in [0.717, 1.165) is 12.1 Å². The minimum absolute atomic E-state index is 0.0860. The molecule has 3 rings (SSSR count). The molecule has 2 aromatic carbocycles. The van der Waals surface area contributed by atoms with Crippen molar-refractivity contribution in [2.75, 3.05) is 19.8 Å². The van der Waals surface area contributed by atoms with Crippen molar-refractivity contribution in [1.82, 2.24) is 10.2 Å². The number of hydrogen-bond acceptors (Lipinski definition) is 3. The van der Waals surface area contributed by atoms with E-state index in [4.69, 9.17) is 0 Å². The van der Waals surface area contributed by atoms with Crippen molar-refractivity contribution in [2.45, 2.75) is 37.2 Å². The van der Waals surface area contributed by atoms with Crippen LogP contribution in [0.3, 0.4) is 0 Å². The average molecular weight is 355 g/mol. The van der Waals surface area contributed by atoms with Crippen LogP contribution in [0.5, 0.6) is 0 Å². The molecule has 4 heteroatoms. The van der Waals surface area contributed by atoms with Crippen LogP contribution >= 0.6 is 11.8 Å². The number of hydrogen-bond donors (Lipinski definition) is 1. The highest BCUT2D eigenvalue weighted by atomic mass is 32.2. The zero-order valence-electron chi connectivity index (χ0n) is 15.0. The van der Waals surface area contributed by atoms with Gasteiger partial charge in [0.25, 0.3) is 0 Å². The normalized spacial score (nSPS) is 13.1. The van der Waals surface area contributed by atoms with E-state index in [1.165, 1.54) is 40.8 Å². The van der Waals surface area contributed by atoms with E-state index < -0.39 is 0 Å². The molecule has 1 N–H and O–H groups in total. The highest BCUT2D eigenvalue weighted by molar-refractivity contribution is 8.00. The van der Waals surface area contributed by atoms with Gasteiger partial charge in [-0.1, -0.05) is 30.3 Å². The van der Waals surface area contributed by atoms with Crippen molar-refractivity contribution in [3.63, 3.8) is 0 Å². The van der Waals surface area contributed by atoms with Crippen LogP contribution < -0.4 is 5.32 Å². The predicted octanol–water partition coefficient (Wildman–Crippen LogP) is 3.65. The average Bonchev–Trinajstić information content (AvgIpc) is 3.06. The maximum Gasteiger partial charge on any atom is 0.230 e. The third kappa shape index (κ3) is 5.35. The zero-order chi connectivity index (χ0) is 17.6. The fraction of sp³-hybridized carbons (Fsp3) is 0.381. The van der Waals surface area contributed by atoms with Crippen molar-refractivity contribution < 1.29 is 4.79 Å². The second-order valence-corrected chi connectivity index (χ2v) is 7.95. The third-order valence-corrected chi connectivity index (χ3v) is 5.45. The smallest absolute Gasteiger partial charge is 0.230 e. The Balaban J connectivity index is 1.43. The fourth-order valence-electron chi connectivity index (χ4n) is 3.17. The number of fused-ring (bicyclic) bond motifs is 1. The molecule has 0 fully saturated rings. The SMILES string of the molecule is CN(C)Cc1ccc(CNC(=O)CSc2ccc3c(c2)CCC3)cc1. The Hall–Kier alpha value is -1.78. The van der Waals surface area contributed by atoms with Gasteiger partial charge in [-0.2, -0.15) is 0 Å². The van der Waals surface area contributed by atoms with E-state index >= 15 is 0 Å². The first-order chi connectivity index (χ1) is 12.1. The van der Waals surface area contributed by atoms with Crippen molar-refractivity contribution in [2.24, 2.45) is 0 Å². The largest absolute Gasteiger partial charge is 0.351 e. The summed E-state index contributed by atoms with van der Waals surface area (Å²) >= 11 is 1.62. The molecule has 0 aromatic heterocycles. The van der Waals surface area contributed by atoms with Crippen LogP contribution in [0.4, 0.5) is 0 Å². The van der Waals surface area contributed by atoms with Gasteiger partial charge < -0.3 is 10.2 Å². The number of aryl methyl sites for hydroxylation is 2. The van der Waals surface area contributed by atoms with Crippen LogP contribution in [-0.2, 0) is 30.7 Å². The molecule has 1 aliphatic rings. The lowest BCUT2D eigenvalue weighted by molar-refractivity contribution is -0.118. The Morgan fingerprint density at radius 2 is 1.76 bits per heavy atom. The van der Waals surface area contributed by atoms with Crippen molar-refractivity contribution in [3.8, 4) is 0 Å². The molecule has 1 amide bonds. The van der Waals surface area contributed by atoms with E-state index in [1.807, 2.05) is 0 Å². The van der Waals surface area contributed by atoms with Crippen molar-refractivity contribution in [3.05, 3.63) is 64.7 Å². The molecule has 2 aromatic rings. The van der Waals surface area contributed by atoms with Gasteiger partial charge in [0.15, 0.2) is 0 Å². The van der Waals surface area contributed by atoms with Gasteiger partial charge in [0, 0.05) is 18.0 Å². The zero-order valence-corrected chi connectivity index (χ0v) is 15.9. The summed E-state index contributed by atoms with van der Waals surface area (Å²) in [6, 6.07) is 15.0. The highest BCUT2D eigenvalue weighted by Gasteiger charge is 2.11. The fourth-order valence-corrected chi connectivity index (χ4v) is 3.96. The summed E-state index contributed by atoms with van der Waals surface area (Å²) in [4.78, 5) is 15.4. The van der Waals surface area contributed by atoms with Gasteiger partial charge in [0.05, 0.1) is 5.75 Å². The first kappa shape index (κ1) is 18.0. The third-order valence-electron chi connectivity index (χ3n) is 4.45. The number of nitrogens with zero attached hydrogens (tertiary/aromatic N) is 1. The molecule has 0 saturated heterocycles. The Bertz CT molecular complexity index is 725. The molecule has 0 aliphatic heterocycles. The van der Waals surface area contributed by atoms with E-state index in [0.29, 0.717) is 12.3 Å². The number of thioether (sulfide) groups is 1. The molecular formula is C21H26N2OS. The summed E-state index contributed by atoms with van der Waals surface area (Å²) in [5.74, 6) is 0.556. The predicted molar refractivity (Wildman–Crippen MR) is 105 cm³/mol. The Morgan fingerprint density at radius 1 is 1.04 bits per heavy atom. The van der Waals surface area contributed by atoms with E-state index in [-0.39, 0.29) is 5.91 Å². The van der Waals surface area contributed by atoms with Gasteiger partial charge in [0.2, 0.25) is 5.91 Å². The van der Waals surface area contributed by atoms with Crippen molar-refractivity contribution in [1.29, 1.82) is 0 Å². The molecule has 0 spiro atoms. The monoisotopic (exact) mass is 354 g/mol. The number of carbonyl (C=O) groups is 1. The molecular weight excluding hydrogens is 328 g/mol. The molecule has 0 radical (unpaired) electrons. The second-order valence-electron chi connectivity index (χ2n) is 6.90. The Morgan fingerprint density at radius 3 is 2.52 bits per heavy atom. The maximum atomic E-state index is 12.1. The Labute approximate surface area is 154 Å². The van der Waals surface area contributed by atoms with Crippen LogP contribution in [0.15, 0.2) is 47.4 Å². The molecule has 3 nitrogen and oxygen atoms in total. The van der Waals surface area contributed by atoms with Crippen LogP contribution in [-0.4, -0.2) is 30.7 Å². The van der Waals surface area contributed by atoms with Crippen LogP contribution in [0, 0.1) is 0 Å². The lowest BCUT2D eigenvalue weighted by Gasteiger charge is -2.10. The van der Waals surface area contributed by atoms with Gasteiger partial charge in [-0.3, -0.25) is 4.79 Å². The van der Waals surface area contributed by atoms with Gasteiger partial charge >= 0.3 is 0 Å². The molecule has 1 aliphatic carbocycles. The van der Waals surface area contributed by atoms with E-state index in [9.17, 15) is 4.79 Å². The minimum Gasteiger partial charge on any atom is -0.351 e. The number of amides is 1. The minimum atomic E-state index is 0.0860. The highest BCUT2D eigenvalue weighted by Crippen LogP contribution is 2.27. The lowest BCUT2D eigenvalue weighted by Crippen LogP contribution is -2.24. The first-order valence-electron chi connectivity index (χ1n) is 8.84. The van der Waals surface area contributed by atoms with Gasteiger partial charge in [-0.05, 0) is 67.7 Å². The molecule has 0 heterocycles. The van der Waals surface area contributed by atoms with Gasteiger partial charge in [-0.25, -0.2) is 0 Å². The number of benzene rings is 2. The summed E-state index contributed by atoms with van der Waals surface area (Å²) in [6.45, 7) is 1.52. The topological polar surface area (TPSA) is 32.3 Å². The molecule has 25 heavy (non-hydrogen) atoms. The molecule has 0 unspecified atom stereocenters. The number of nitrogens with one attached hydrogen (secondary N) is 1. The maximum absolute atomic E-state index is 12.1. The number of carbonyl (C=O) groups excluding carboxylic acids is 1. The van der Waals surface area contributed by atoms with Crippen LogP contribution in [0.2, 0.25) is 0 Å². The van der Waals surface area contributed by atoms with Crippen LogP contribution in [0.1, 0.15) is 28.7 Å². The summed E-state index contributed by atoms with van der Waals surface area (Å²) < 4.78 is 0. The van der Waals surface area contributed by atoms with Gasteiger partial charge in [0.1, 0.15) is 0 Å². The van der Waals surface area contributed by atoms with E-state index in [2.05, 4.69) is 66.8 Å².